The molecule has 0 bridgehead atoms. The molecule has 1 aliphatic heterocycles. The minimum Gasteiger partial charge on any atom is -0.433 e. The minimum atomic E-state index is -2.90. The molecule has 0 unspecified atom stereocenters. The Bertz CT molecular complexity index is 398. The number of hydrogen-bond acceptors (Lipinski definition) is 2. The summed E-state index contributed by atoms with van der Waals surface area (Å²) in [4.78, 5) is 12.8. The SMILES string of the molecule is O=C1NCCN1c1ccccc1OC(F)F. The molecule has 0 saturated carbocycles. The summed E-state index contributed by atoms with van der Waals surface area (Å²) < 4.78 is 28.6. The molecule has 4 nitrogen and oxygen atoms in total. The van der Waals surface area contributed by atoms with Gasteiger partial charge in [0.2, 0.25) is 0 Å². The topological polar surface area (TPSA) is 41.6 Å². The van der Waals surface area contributed by atoms with Crippen LogP contribution in [-0.2, 0) is 0 Å². The Labute approximate surface area is 90.8 Å². The summed E-state index contributed by atoms with van der Waals surface area (Å²) in [6.07, 6.45) is 0. The lowest BCUT2D eigenvalue weighted by Crippen LogP contribution is -2.28. The largest absolute Gasteiger partial charge is 0.433 e. The van der Waals surface area contributed by atoms with E-state index in [-0.39, 0.29) is 11.8 Å². The van der Waals surface area contributed by atoms with Gasteiger partial charge in [0.15, 0.2) is 0 Å². The van der Waals surface area contributed by atoms with Gasteiger partial charge in [-0.3, -0.25) is 4.90 Å². The third kappa shape index (κ3) is 2.05. The van der Waals surface area contributed by atoms with Crippen LogP contribution in [0.15, 0.2) is 24.3 Å². The van der Waals surface area contributed by atoms with E-state index in [4.69, 9.17) is 0 Å². The maximum Gasteiger partial charge on any atom is 0.387 e. The maximum atomic E-state index is 12.1. The molecule has 1 fully saturated rings. The normalized spacial score (nSPS) is 15.4. The van der Waals surface area contributed by atoms with Crippen LogP contribution in [0.1, 0.15) is 0 Å². The van der Waals surface area contributed by atoms with Crippen molar-refractivity contribution in [1.29, 1.82) is 0 Å². The molecule has 1 aromatic carbocycles. The van der Waals surface area contributed by atoms with E-state index >= 15 is 0 Å². The van der Waals surface area contributed by atoms with Crippen molar-refractivity contribution in [2.75, 3.05) is 18.0 Å². The number of halogens is 2. The van der Waals surface area contributed by atoms with Crippen molar-refractivity contribution in [2.45, 2.75) is 6.61 Å². The fourth-order valence-corrected chi connectivity index (χ4v) is 1.58. The Hall–Kier alpha value is -1.85. The van der Waals surface area contributed by atoms with Crippen molar-refractivity contribution in [3.63, 3.8) is 0 Å². The Kier molecular flexibility index (Phi) is 2.89. The molecule has 16 heavy (non-hydrogen) atoms. The summed E-state index contributed by atoms with van der Waals surface area (Å²) in [5.41, 5.74) is 0.359. The lowest BCUT2D eigenvalue weighted by Gasteiger charge is -2.18. The quantitative estimate of drug-likeness (QED) is 0.857. The van der Waals surface area contributed by atoms with Crippen LogP contribution in [-0.4, -0.2) is 25.7 Å². The summed E-state index contributed by atoms with van der Waals surface area (Å²) >= 11 is 0. The predicted octanol–water partition coefficient (Wildman–Crippen LogP) is 1.82. The van der Waals surface area contributed by atoms with Gasteiger partial charge in [-0.25, -0.2) is 4.79 Å². The molecule has 1 N–H and O–H groups in total. The van der Waals surface area contributed by atoms with Gasteiger partial charge in [0.1, 0.15) is 5.75 Å². The van der Waals surface area contributed by atoms with Crippen LogP contribution in [0.25, 0.3) is 0 Å². The third-order valence-corrected chi connectivity index (χ3v) is 2.23. The fourth-order valence-electron chi connectivity index (χ4n) is 1.58. The molecule has 6 heteroatoms. The Morgan fingerprint density at radius 2 is 2.12 bits per heavy atom. The summed E-state index contributed by atoms with van der Waals surface area (Å²) in [7, 11) is 0. The number of ether oxygens (including phenoxy) is 1. The van der Waals surface area contributed by atoms with Crippen LogP contribution in [0, 0.1) is 0 Å². The molecule has 1 aliphatic rings. The molecule has 0 radical (unpaired) electrons. The van der Waals surface area contributed by atoms with Gasteiger partial charge in [-0.1, -0.05) is 12.1 Å². The highest BCUT2D eigenvalue weighted by molar-refractivity contribution is 5.95. The van der Waals surface area contributed by atoms with Gasteiger partial charge in [-0.15, -0.1) is 0 Å². The number of nitrogens with one attached hydrogen (secondary N) is 1. The number of carbonyl (C=O) groups excluding carboxylic acids is 1. The van der Waals surface area contributed by atoms with Crippen molar-refractivity contribution in [3.05, 3.63) is 24.3 Å². The van der Waals surface area contributed by atoms with Crippen molar-refractivity contribution >= 4 is 11.7 Å². The van der Waals surface area contributed by atoms with Crippen molar-refractivity contribution in [2.24, 2.45) is 0 Å². The fraction of sp³-hybridized carbons (Fsp3) is 0.300. The van der Waals surface area contributed by atoms with Crippen molar-refractivity contribution < 1.29 is 18.3 Å². The number of benzene rings is 1. The molecule has 0 atom stereocenters. The molecule has 1 heterocycles. The lowest BCUT2D eigenvalue weighted by molar-refractivity contribution is -0.0494. The Balaban J connectivity index is 2.28. The van der Waals surface area contributed by atoms with Gasteiger partial charge in [0, 0.05) is 13.1 Å². The predicted molar refractivity (Wildman–Crippen MR) is 53.8 cm³/mol. The van der Waals surface area contributed by atoms with E-state index in [1.807, 2.05) is 0 Å². The molecule has 0 spiro atoms. The second-order valence-electron chi connectivity index (χ2n) is 3.23. The molecule has 0 aromatic heterocycles. The van der Waals surface area contributed by atoms with Crippen LogP contribution in [0.2, 0.25) is 0 Å². The average molecular weight is 228 g/mol. The van der Waals surface area contributed by atoms with E-state index in [1.165, 1.54) is 11.0 Å². The second-order valence-corrected chi connectivity index (χ2v) is 3.23. The van der Waals surface area contributed by atoms with Gasteiger partial charge in [0.25, 0.3) is 0 Å². The van der Waals surface area contributed by atoms with E-state index in [2.05, 4.69) is 10.1 Å². The van der Waals surface area contributed by atoms with Crippen LogP contribution in [0.3, 0.4) is 0 Å². The van der Waals surface area contributed by atoms with Gasteiger partial charge in [-0.05, 0) is 12.1 Å². The molecular formula is C10H10F2N2O2. The Morgan fingerprint density at radius 1 is 1.38 bits per heavy atom. The smallest absolute Gasteiger partial charge is 0.387 e. The van der Waals surface area contributed by atoms with Crippen LogP contribution >= 0.6 is 0 Å². The van der Waals surface area contributed by atoms with Crippen LogP contribution in [0.4, 0.5) is 19.3 Å². The van der Waals surface area contributed by atoms with Crippen molar-refractivity contribution in [3.8, 4) is 5.75 Å². The number of amides is 2. The third-order valence-electron chi connectivity index (χ3n) is 2.23. The first kappa shape index (κ1) is 10.7. The molecule has 0 aliphatic carbocycles. The number of nitrogens with zero attached hydrogens (tertiary/aromatic N) is 1. The zero-order chi connectivity index (χ0) is 11.5. The van der Waals surface area contributed by atoms with E-state index < -0.39 is 6.61 Å². The lowest BCUT2D eigenvalue weighted by atomic mass is 10.2. The monoisotopic (exact) mass is 228 g/mol. The van der Waals surface area contributed by atoms with Gasteiger partial charge >= 0.3 is 12.6 Å². The number of urea groups is 1. The molecule has 1 saturated heterocycles. The summed E-state index contributed by atoms with van der Waals surface area (Å²) in [5, 5.41) is 2.59. The number of anilines is 1. The summed E-state index contributed by atoms with van der Waals surface area (Å²) in [6, 6.07) is 5.93. The number of carbonyl (C=O) groups is 1. The van der Waals surface area contributed by atoms with E-state index in [0.717, 1.165) is 0 Å². The highest BCUT2D eigenvalue weighted by Gasteiger charge is 2.24. The molecule has 2 rings (SSSR count). The van der Waals surface area contributed by atoms with E-state index in [0.29, 0.717) is 18.8 Å². The first-order valence-electron chi connectivity index (χ1n) is 4.77. The van der Waals surface area contributed by atoms with E-state index in [1.54, 1.807) is 18.2 Å². The minimum absolute atomic E-state index is 0.00884. The molecule has 1 aromatic rings. The number of alkyl halides is 2. The number of rotatable bonds is 3. The molecule has 86 valence electrons. The van der Waals surface area contributed by atoms with Crippen molar-refractivity contribution in [1.82, 2.24) is 5.32 Å². The first-order chi connectivity index (χ1) is 7.68. The van der Waals surface area contributed by atoms with Gasteiger partial charge in [-0.2, -0.15) is 8.78 Å². The zero-order valence-corrected chi connectivity index (χ0v) is 8.32. The number of para-hydroxylation sites is 2. The zero-order valence-electron chi connectivity index (χ0n) is 8.32. The Morgan fingerprint density at radius 3 is 2.75 bits per heavy atom. The molecule has 2 amide bonds. The van der Waals surface area contributed by atoms with Gasteiger partial charge in [0.05, 0.1) is 5.69 Å². The van der Waals surface area contributed by atoms with Gasteiger partial charge < -0.3 is 10.1 Å². The average Bonchev–Trinajstić information content (AvgIpc) is 2.64. The summed E-state index contributed by atoms with van der Waals surface area (Å²) in [6.45, 7) is -1.95. The van der Waals surface area contributed by atoms with Crippen LogP contribution in [0.5, 0.6) is 5.75 Å². The van der Waals surface area contributed by atoms with E-state index in [9.17, 15) is 13.6 Å². The summed E-state index contributed by atoms with van der Waals surface area (Å²) in [5.74, 6) is 0.00884. The standard InChI is InChI=1S/C10H10F2N2O2/c11-9(12)16-8-4-2-1-3-7(8)14-6-5-13-10(14)15/h1-4,9H,5-6H2,(H,13,15). The second kappa shape index (κ2) is 4.34. The molecular weight excluding hydrogens is 218 g/mol. The maximum absolute atomic E-state index is 12.1. The highest BCUT2D eigenvalue weighted by Crippen LogP contribution is 2.30. The first-order valence-corrected chi connectivity index (χ1v) is 4.77. The number of hydrogen-bond donors (Lipinski definition) is 1. The van der Waals surface area contributed by atoms with Crippen LogP contribution < -0.4 is 15.0 Å². The highest BCUT2D eigenvalue weighted by atomic mass is 19.3.